The summed E-state index contributed by atoms with van der Waals surface area (Å²) in [6, 6.07) is -0.0122. The van der Waals surface area contributed by atoms with Crippen LogP contribution in [0.3, 0.4) is 0 Å². The van der Waals surface area contributed by atoms with Crippen LogP contribution >= 0.6 is 15.9 Å². The molecule has 25 heavy (non-hydrogen) atoms. The van der Waals surface area contributed by atoms with Crippen molar-refractivity contribution in [3.8, 4) is 0 Å². The molecule has 1 atom stereocenters. The Balaban J connectivity index is 1.84. The first-order valence-corrected chi connectivity index (χ1v) is 9.86. The van der Waals surface area contributed by atoms with Crippen LogP contribution in [0.1, 0.15) is 62.9 Å². The molecule has 1 unspecified atom stereocenters. The number of Topliss-reactive ketones (excluding diaryl/α,β-unsaturated/α-hetero) is 1. The molecule has 1 saturated carbocycles. The summed E-state index contributed by atoms with van der Waals surface area (Å²) in [4.78, 5) is 24.3. The van der Waals surface area contributed by atoms with Gasteiger partial charge in [0.25, 0.3) is 0 Å². The van der Waals surface area contributed by atoms with Crippen molar-refractivity contribution in [3.05, 3.63) is 15.9 Å². The highest BCUT2D eigenvalue weighted by Gasteiger charge is 2.27. The van der Waals surface area contributed by atoms with Crippen molar-refractivity contribution in [2.24, 2.45) is 11.7 Å². The molecule has 1 fully saturated rings. The van der Waals surface area contributed by atoms with E-state index in [1.807, 2.05) is 25.5 Å². The van der Waals surface area contributed by atoms with Crippen LogP contribution in [0.4, 0.5) is 0 Å². The summed E-state index contributed by atoms with van der Waals surface area (Å²) < 4.78 is 2.79. The Kier molecular flexibility index (Phi) is 7.19. The highest BCUT2D eigenvalue weighted by molar-refractivity contribution is 9.10. The highest BCUT2D eigenvalue weighted by atomic mass is 79.9. The molecule has 1 aromatic heterocycles. The number of aromatic nitrogens is 2. The molecular formula is C18H29BrN4O2. The molecule has 0 aliphatic heterocycles. The summed E-state index contributed by atoms with van der Waals surface area (Å²) in [5.74, 6) is 0.664. The van der Waals surface area contributed by atoms with Gasteiger partial charge in [0.15, 0.2) is 5.78 Å². The standard InChI is InChI=1S/C18H29BrN4O2/c1-11-18(19)13(3)23(22-11)12(2)16(24)10-14-4-6-15(7-5-14)21-17(25)8-9-20/h12,14-15H,4-10,20H2,1-3H3,(H,21,25). The zero-order valence-corrected chi connectivity index (χ0v) is 16.9. The Hall–Kier alpha value is -1.21. The molecule has 6 nitrogen and oxygen atoms in total. The van der Waals surface area contributed by atoms with Crippen molar-refractivity contribution in [1.29, 1.82) is 0 Å². The normalized spacial score (nSPS) is 21.8. The third kappa shape index (κ3) is 5.14. The first-order chi connectivity index (χ1) is 11.8. The van der Waals surface area contributed by atoms with E-state index < -0.39 is 0 Å². The van der Waals surface area contributed by atoms with Crippen LogP contribution in [0, 0.1) is 19.8 Å². The summed E-state index contributed by atoms with van der Waals surface area (Å²) in [5, 5.41) is 7.51. The summed E-state index contributed by atoms with van der Waals surface area (Å²) in [6.45, 7) is 6.22. The number of halogens is 1. The fourth-order valence-corrected chi connectivity index (χ4v) is 3.81. The largest absolute Gasteiger partial charge is 0.353 e. The molecule has 140 valence electrons. The maximum atomic E-state index is 12.7. The molecule has 0 bridgehead atoms. The van der Waals surface area contributed by atoms with Gasteiger partial charge < -0.3 is 11.1 Å². The van der Waals surface area contributed by atoms with Crippen LogP contribution in [0.15, 0.2) is 4.47 Å². The van der Waals surface area contributed by atoms with E-state index in [2.05, 4.69) is 26.3 Å². The number of carbonyl (C=O) groups excluding carboxylic acids is 2. The van der Waals surface area contributed by atoms with Crippen LogP contribution < -0.4 is 11.1 Å². The molecule has 1 amide bonds. The van der Waals surface area contributed by atoms with E-state index in [0.29, 0.717) is 25.3 Å². The zero-order valence-electron chi connectivity index (χ0n) is 15.3. The van der Waals surface area contributed by atoms with Gasteiger partial charge in [-0.2, -0.15) is 5.10 Å². The monoisotopic (exact) mass is 412 g/mol. The van der Waals surface area contributed by atoms with Gasteiger partial charge in [0.05, 0.1) is 15.9 Å². The van der Waals surface area contributed by atoms with Crippen molar-refractivity contribution in [3.63, 3.8) is 0 Å². The van der Waals surface area contributed by atoms with Gasteiger partial charge in [-0.05, 0) is 68.3 Å². The van der Waals surface area contributed by atoms with Crippen LogP contribution in [-0.2, 0) is 9.59 Å². The second kappa shape index (κ2) is 8.94. The van der Waals surface area contributed by atoms with Crippen molar-refractivity contribution >= 4 is 27.6 Å². The Morgan fingerprint density at radius 2 is 1.96 bits per heavy atom. The SMILES string of the molecule is Cc1nn(C(C)C(=O)CC2CCC(NC(=O)CCN)CC2)c(C)c1Br. The van der Waals surface area contributed by atoms with Crippen LogP contribution in [0.2, 0.25) is 0 Å². The van der Waals surface area contributed by atoms with E-state index in [1.54, 1.807) is 0 Å². The minimum atomic E-state index is -0.244. The number of rotatable bonds is 7. The van der Waals surface area contributed by atoms with Gasteiger partial charge in [-0.25, -0.2) is 0 Å². The Morgan fingerprint density at radius 1 is 1.32 bits per heavy atom. The van der Waals surface area contributed by atoms with Gasteiger partial charge in [0.2, 0.25) is 5.91 Å². The lowest BCUT2D eigenvalue weighted by atomic mass is 9.82. The average molecular weight is 413 g/mol. The molecule has 7 heteroatoms. The molecule has 0 spiro atoms. The van der Waals surface area contributed by atoms with Gasteiger partial charge in [-0.1, -0.05) is 0 Å². The van der Waals surface area contributed by atoms with Crippen molar-refractivity contribution in [2.45, 2.75) is 71.4 Å². The maximum Gasteiger partial charge on any atom is 0.221 e. The third-order valence-corrected chi connectivity index (χ3v) is 6.29. The Bertz CT molecular complexity index is 621. The summed E-state index contributed by atoms with van der Waals surface area (Å²) >= 11 is 3.52. The van der Waals surface area contributed by atoms with E-state index in [4.69, 9.17) is 5.73 Å². The third-order valence-electron chi connectivity index (χ3n) is 5.14. The predicted molar refractivity (Wildman–Crippen MR) is 101 cm³/mol. The predicted octanol–water partition coefficient (Wildman–Crippen LogP) is 2.81. The van der Waals surface area contributed by atoms with E-state index in [1.165, 1.54) is 0 Å². The Morgan fingerprint density at radius 3 is 2.48 bits per heavy atom. The second-order valence-electron chi connectivity index (χ2n) is 7.10. The van der Waals surface area contributed by atoms with Crippen LogP contribution in [-0.4, -0.2) is 34.1 Å². The second-order valence-corrected chi connectivity index (χ2v) is 7.89. The van der Waals surface area contributed by atoms with Crippen LogP contribution in [0.25, 0.3) is 0 Å². The zero-order chi connectivity index (χ0) is 18.6. The summed E-state index contributed by atoms with van der Waals surface area (Å²) in [7, 11) is 0. The molecule has 0 radical (unpaired) electrons. The quantitative estimate of drug-likeness (QED) is 0.719. The number of ketones is 1. The minimum absolute atomic E-state index is 0.0331. The molecule has 0 saturated heterocycles. The number of nitrogens with two attached hydrogens (primary N) is 1. The number of amides is 1. The minimum Gasteiger partial charge on any atom is -0.353 e. The molecule has 2 rings (SSSR count). The fraction of sp³-hybridized carbons (Fsp3) is 0.722. The molecular weight excluding hydrogens is 384 g/mol. The van der Waals surface area contributed by atoms with Gasteiger partial charge in [0.1, 0.15) is 6.04 Å². The number of hydrogen-bond donors (Lipinski definition) is 2. The van der Waals surface area contributed by atoms with Crippen molar-refractivity contribution in [1.82, 2.24) is 15.1 Å². The van der Waals surface area contributed by atoms with Crippen molar-refractivity contribution in [2.75, 3.05) is 6.54 Å². The molecule has 1 heterocycles. The van der Waals surface area contributed by atoms with E-state index in [9.17, 15) is 9.59 Å². The summed E-state index contributed by atoms with van der Waals surface area (Å²) in [5.41, 5.74) is 7.30. The summed E-state index contributed by atoms with van der Waals surface area (Å²) in [6.07, 6.45) is 4.80. The number of hydrogen-bond acceptors (Lipinski definition) is 4. The van der Waals surface area contributed by atoms with Gasteiger partial charge >= 0.3 is 0 Å². The van der Waals surface area contributed by atoms with Gasteiger partial charge in [-0.15, -0.1) is 0 Å². The topological polar surface area (TPSA) is 90.0 Å². The van der Waals surface area contributed by atoms with Crippen LogP contribution in [0.5, 0.6) is 0 Å². The average Bonchev–Trinajstić information content (AvgIpc) is 2.83. The lowest BCUT2D eigenvalue weighted by Crippen LogP contribution is -2.38. The lowest BCUT2D eigenvalue weighted by Gasteiger charge is -2.29. The first-order valence-electron chi connectivity index (χ1n) is 9.06. The van der Waals surface area contributed by atoms with Crippen molar-refractivity contribution < 1.29 is 9.59 Å². The molecule has 1 aromatic rings. The smallest absolute Gasteiger partial charge is 0.221 e. The number of nitrogens with zero attached hydrogens (tertiary/aromatic N) is 2. The lowest BCUT2D eigenvalue weighted by molar-refractivity contribution is -0.124. The fourth-order valence-electron chi connectivity index (χ4n) is 3.55. The Labute approximate surface area is 158 Å². The molecule has 1 aliphatic carbocycles. The van der Waals surface area contributed by atoms with Gasteiger partial charge in [0, 0.05) is 25.4 Å². The number of carbonyl (C=O) groups is 2. The maximum absolute atomic E-state index is 12.7. The van der Waals surface area contributed by atoms with E-state index >= 15 is 0 Å². The van der Waals surface area contributed by atoms with E-state index in [0.717, 1.165) is 41.5 Å². The molecule has 0 aromatic carbocycles. The molecule has 3 N–H and O–H groups in total. The number of nitrogens with one attached hydrogen (secondary N) is 1. The number of aryl methyl sites for hydroxylation is 1. The molecule has 1 aliphatic rings. The highest BCUT2D eigenvalue weighted by Crippen LogP contribution is 2.30. The first kappa shape index (κ1) is 20.1. The van der Waals surface area contributed by atoms with Gasteiger partial charge in [-0.3, -0.25) is 14.3 Å². The van der Waals surface area contributed by atoms with E-state index in [-0.39, 0.29) is 23.8 Å².